The molecule has 0 aromatic heterocycles. The standard InChI is InChI=1S/C15H19NO3/c1-10-4-3-5-11(2)15(10)19-14(17)9-16-6-7-18-13-8-12(13)16/h3-5,12-13H,6-9H2,1-2H3. The maximum Gasteiger partial charge on any atom is 0.325 e. The predicted octanol–water partition coefficient (Wildman–Crippen LogP) is 1.68. The largest absolute Gasteiger partial charge is 0.425 e. The lowest BCUT2D eigenvalue weighted by molar-refractivity contribution is -0.136. The second kappa shape index (κ2) is 4.94. The van der Waals surface area contributed by atoms with Crippen molar-refractivity contribution >= 4 is 5.97 Å². The van der Waals surface area contributed by atoms with Gasteiger partial charge in [-0.25, -0.2) is 0 Å². The van der Waals surface area contributed by atoms with Crippen molar-refractivity contribution in [1.82, 2.24) is 4.90 Å². The second-order valence-corrected chi connectivity index (χ2v) is 5.38. The van der Waals surface area contributed by atoms with Crippen LogP contribution in [0, 0.1) is 13.8 Å². The number of benzene rings is 1. The van der Waals surface area contributed by atoms with Crippen LogP contribution in [0.25, 0.3) is 0 Å². The number of hydrogen-bond acceptors (Lipinski definition) is 4. The van der Waals surface area contributed by atoms with Crippen molar-refractivity contribution in [2.75, 3.05) is 19.7 Å². The van der Waals surface area contributed by atoms with Gasteiger partial charge in [-0.05, 0) is 31.4 Å². The first-order valence-corrected chi connectivity index (χ1v) is 6.77. The maximum atomic E-state index is 12.0. The number of hydrogen-bond donors (Lipinski definition) is 0. The number of carbonyl (C=O) groups excluding carboxylic acids is 1. The number of para-hydroxylation sites is 1. The fourth-order valence-corrected chi connectivity index (χ4v) is 2.68. The third kappa shape index (κ3) is 2.65. The van der Waals surface area contributed by atoms with Gasteiger partial charge in [-0.1, -0.05) is 18.2 Å². The van der Waals surface area contributed by atoms with Crippen LogP contribution in [0.5, 0.6) is 5.75 Å². The van der Waals surface area contributed by atoms with Gasteiger partial charge in [-0.3, -0.25) is 9.69 Å². The highest BCUT2D eigenvalue weighted by Gasteiger charge is 2.46. The van der Waals surface area contributed by atoms with E-state index in [0.29, 0.717) is 24.4 Å². The molecule has 0 radical (unpaired) electrons. The number of carbonyl (C=O) groups is 1. The number of morpholine rings is 1. The summed E-state index contributed by atoms with van der Waals surface area (Å²) in [5.74, 6) is 0.526. The number of rotatable bonds is 3. The Kier molecular flexibility index (Phi) is 3.29. The molecule has 2 fully saturated rings. The monoisotopic (exact) mass is 261 g/mol. The van der Waals surface area contributed by atoms with Gasteiger partial charge in [0.15, 0.2) is 0 Å². The Morgan fingerprint density at radius 1 is 1.42 bits per heavy atom. The molecule has 1 saturated heterocycles. The van der Waals surface area contributed by atoms with Gasteiger partial charge in [0.05, 0.1) is 19.3 Å². The Bertz CT molecular complexity index is 480. The molecule has 19 heavy (non-hydrogen) atoms. The van der Waals surface area contributed by atoms with E-state index in [0.717, 1.165) is 30.7 Å². The number of esters is 1. The summed E-state index contributed by atoms with van der Waals surface area (Å²) in [7, 11) is 0. The minimum absolute atomic E-state index is 0.176. The Labute approximate surface area is 113 Å². The molecule has 2 unspecified atom stereocenters. The average Bonchev–Trinajstić information content (AvgIpc) is 3.14. The molecule has 1 saturated carbocycles. The molecule has 1 aliphatic heterocycles. The summed E-state index contributed by atoms with van der Waals surface area (Å²) in [6, 6.07) is 6.32. The van der Waals surface area contributed by atoms with Crippen molar-refractivity contribution in [2.45, 2.75) is 32.4 Å². The first-order valence-electron chi connectivity index (χ1n) is 6.77. The van der Waals surface area contributed by atoms with Crippen molar-refractivity contribution in [1.29, 1.82) is 0 Å². The first-order chi connectivity index (χ1) is 9.15. The molecule has 4 nitrogen and oxygen atoms in total. The van der Waals surface area contributed by atoms with Crippen LogP contribution in [-0.4, -0.2) is 42.7 Å². The molecule has 2 atom stereocenters. The van der Waals surface area contributed by atoms with Crippen LogP contribution in [0.2, 0.25) is 0 Å². The summed E-state index contributed by atoms with van der Waals surface area (Å²) < 4.78 is 11.1. The van der Waals surface area contributed by atoms with Crippen molar-refractivity contribution in [3.8, 4) is 5.75 Å². The molecule has 2 aliphatic rings. The summed E-state index contributed by atoms with van der Waals surface area (Å²) in [6.07, 6.45) is 1.40. The number of aryl methyl sites for hydroxylation is 2. The molecule has 0 amide bonds. The normalized spacial score (nSPS) is 25.8. The molecular weight excluding hydrogens is 242 g/mol. The van der Waals surface area contributed by atoms with Crippen molar-refractivity contribution < 1.29 is 14.3 Å². The summed E-state index contributed by atoms with van der Waals surface area (Å²) in [6.45, 7) is 5.82. The van der Waals surface area contributed by atoms with E-state index in [-0.39, 0.29) is 5.97 Å². The number of ether oxygens (including phenoxy) is 2. The minimum Gasteiger partial charge on any atom is -0.425 e. The maximum absolute atomic E-state index is 12.0. The van der Waals surface area contributed by atoms with Gasteiger partial charge in [0.1, 0.15) is 5.75 Å². The van der Waals surface area contributed by atoms with E-state index in [1.165, 1.54) is 0 Å². The lowest BCUT2D eigenvalue weighted by Gasteiger charge is -2.25. The minimum atomic E-state index is -0.176. The van der Waals surface area contributed by atoms with Gasteiger partial charge in [0.25, 0.3) is 0 Å². The molecule has 0 bridgehead atoms. The van der Waals surface area contributed by atoms with Crippen LogP contribution in [0.15, 0.2) is 18.2 Å². The molecule has 0 spiro atoms. The van der Waals surface area contributed by atoms with E-state index in [9.17, 15) is 4.79 Å². The molecule has 102 valence electrons. The van der Waals surface area contributed by atoms with E-state index >= 15 is 0 Å². The van der Waals surface area contributed by atoms with Crippen molar-refractivity contribution in [2.24, 2.45) is 0 Å². The molecule has 4 heteroatoms. The second-order valence-electron chi connectivity index (χ2n) is 5.38. The van der Waals surface area contributed by atoms with E-state index in [2.05, 4.69) is 4.90 Å². The smallest absolute Gasteiger partial charge is 0.325 e. The average molecular weight is 261 g/mol. The molecule has 1 aromatic carbocycles. The van der Waals surface area contributed by atoms with Gasteiger partial charge < -0.3 is 9.47 Å². The van der Waals surface area contributed by atoms with Gasteiger partial charge in [-0.2, -0.15) is 0 Å². The number of nitrogens with zero attached hydrogens (tertiary/aromatic N) is 1. The summed E-state index contributed by atoms with van der Waals surface area (Å²) in [5.41, 5.74) is 2.00. The Balaban J connectivity index is 1.62. The first kappa shape index (κ1) is 12.6. The zero-order valence-electron chi connectivity index (χ0n) is 11.4. The van der Waals surface area contributed by atoms with Crippen LogP contribution in [-0.2, 0) is 9.53 Å². The van der Waals surface area contributed by atoms with E-state index < -0.39 is 0 Å². The highest BCUT2D eigenvalue weighted by Crippen LogP contribution is 2.34. The third-order valence-corrected chi connectivity index (χ3v) is 3.84. The van der Waals surface area contributed by atoms with Gasteiger partial charge in [-0.15, -0.1) is 0 Å². The third-order valence-electron chi connectivity index (χ3n) is 3.84. The fraction of sp³-hybridized carbons (Fsp3) is 0.533. The van der Waals surface area contributed by atoms with E-state index in [1.807, 2.05) is 32.0 Å². The summed E-state index contributed by atoms with van der Waals surface area (Å²) in [5, 5.41) is 0. The van der Waals surface area contributed by atoms with Gasteiger partial charge >= 0.3 is 5.97 Å². The van der Waals surface area contributed by atoms with E-state index in [1.54, 1.807) is 0 Å². The predicted molar refractivity (Wildman–Crippen MR) is 71.3 cm³/mol. The summed E-state index contributed by atoms with van der Waals surface area (Å²) in [4.78, 5) is 14.2. The highest BCUT2D eigenvalue weighted by atomic mass is 16.5. The van der Waals surface area contributed by atoms with E-state index in [4.69, 9.17) is 9.47 Å². The Morgan fingerprint density at radius 3 is 2.89 bits per heavy atom. The van der Waals surface area contributed by atoms with Crippen molar-refractivity contribution in [3.63, 3.8) is 0 Å². The Morgan fingerprint density at radius 2 is 2.16 bits per heavy atom. The van der Waals surface area contributed by atoms with Crippen LogP contribution < -0.4 is 4.74 Å². The SMILES string of the molecule is Cc1cccc(C)c1OC(=O)CN1CCOC2CC21. The number of fused-ring (bicyclic) bond motifs is 1. The highest BCUT2D eigenvalue weighted by molar-refractivity contribution is 5.75. The molecule has 1 aromatic rings. The van der Waals surface area contributed by atoms with Crippen LogP contribution in [0.1, 0.15) is 17.5 Å². The fourth-order valence-electron chi connectivity index (χ4n) is 2.68. The quantitative estimate of drug-likeness (QED) is 0.613. The van der Waals surface area contributed by atoms with Crippen LogP contribution in [0.3, 0.4) is 0 Å². The topological polar surface area (TPSA) is 38.8 Å². The Hall–Kier alpha value is -1.39. The van der Waals surface area contributed by atoms with Crippen molar-refractivity contribution in [3.05, 3.63) is 29.3 Å². The lowest BCUT2D eigenvalue weighted by Crippen LogP contribution is -2.41. The molecule has 1 heterocycles. The van der Waals surface area contributed by atoms with Crippen LogP contribution >= 0.6 is 0 Å². The summed E-state index contributed by atoms with van der Waals surface area (Å²) >= 11 is 0. The van der Waals surface area contributed by atoms with Crippen LogP contribution in [0.4, 0.5) is 0 Å². The van der Waals surface area contributed by atoms with Gasteiger partial charge in [0, 0.05) is 12.6 Å². The molecule has 0 N–H and O–H groups in total. The zero-order chi connectivity index (χ0) is 13.4. The molecule has 3 rings (SSSR count). The lowest BCUT2D eigenvalue weighted by atomic mass is 10.1. The molecule has 1 aliphatic carbocycles. The zero-order valence-corrected chi connectivity index (χ0v) is 11.4. The van der Waals surface area contributed by atoms with Gasteiger partial charge in [0.2, 0.25) is 0 Å². The molecular formula is C15H19NO3.